The zero-order valence-corrected chi connectivity index (χ0v) is 14.9. The molecule has 3 rings (SSSR count). The minimum Gasteiger partial charge on any atom is -0.288 e. The van der Waals surface area contributed by atoms with Crippen LogP contribution in [0.15, 0.2) is 94.5 Å². The third-order valence-electron chi connectivity index (χ3n) is 3.66. The van der Waals surface area contributed by atoms with Crippen LogP contribution in [-0.2, 0) is 13.1 Å². The maximum atomic E-state index is 4.71. The molecule has 0 fully saturated rings. The minimum absolute atomic E-state index is 0.781. The molecule has 0 amide bonds. The predicted octanol–water partition coefficient (Wildman–Crippen LogP) is 5.49. The Morgan fingerprint density at radius 2 is 1.21 bits per heavy atom. The lowest BCUT2D eigenvalue weighted by Crippen LogP contribution is -2.17. The molecule has 0 N–H and O–H groups in total. The Kier molecular flexibility index (Phi) is 5.80. The Hall–Kier alpha value is -2.39. The monoisotopic (exact) mass is 378 g/mol. The molecule has 0 unspecified atom stereocenters. The summed E-state index contributed by atoms with van der Waals surface area (Å²) in [5.74, 6) is 0. The van der Waals surface area contributed by atoms with Gasteiger partial charge in [0.1, 0.15) is 0 Å². The van der Waals surface area contributed by atoms with E-state index in [1.807, 2.05) is 30.5 Å². The topological polar surface area (TPSA) is 15.6 Å². The van der Waals surface area contributed by atoms with Crippen molar-refractivity contribution >= 4 is 22.1 Å². The van der Waals surface area contributed by atoms with Gasteiger partial charge in [-0.15, -0.1) is 0 Å². The van der Waals surface area contributed by atoms with E-state index in [-0.39, 0.29) is 0 Å². The van der Waals surface area contributed by atoms with E-state index >= 15 is 0 Å². The maximum absolute atomic E-state index is 4.71. The van der Waals surface area contributed by atoms with Crippen molar-refractivity contribution < 1.29 is 0 Å². The van der Waals surface area contributed by atoms with Gasteiger partial charge in [0.05, 0.1) is 19.3 Å². The summed E-state index contributed by atoms with van der Waals surface area (Å²) in [7, 11) is 0. The fourth-order valence-electron chi connectivity index (χ4n) is 2.42. The molecule has 24 heavy (non-hydrogen) atoms. The Bertz CT molecular complexity index is 726. The van der Waals surface area contributed by atoms with E-state index in [0.717, 1.165) is 23.1 Å². The number of halogens is 1. The fourth-order valence-corrected chi connectivity index (χ4v) is 2.69. The van der Waals surface area contributed by atoms with Crippen molar-refractivity contribution in [1.82, 2.24) is 5.01 Å². The van der Waals surface area contributed by atoms with Gasteiger partial charge in [-0.3, -0.25) is 5.01 Å². The van der Waals surface area contributed by atoms with Gasteiger partial charge >= 0.3 is 0 Å². The van der Waals surface area contributed by atoms with Gasteiger partial charge in [-0.05, 0) is 28.8 Å². The number of hydrazone groups is 1. The smallest absolute Gasteiger partial charge is 0.0614 e. The summed E-state index contributed by atoms with van der Waals surface area (Å²) in [6.45, 7) is 1.56. The fraction of sp³-hybridized carbons (Fsp3) is 0.0952. The molecule has 0 atom stereocenters. The van der Waals surface area contributed by atoms with Crippen LogP contribution in [0.4, 0.5) is 0 Å². The molecule has 0 radical (unpaired) electrons. The number of benzene rings is 3. The second-order valence-corrected chi connectivity index (χ2v) is 6.51. The molecule has 0 aromatic heterocycles. The zero-order valence-electron chi connectivity index (χ0n) is 13.3. The molecule has 0 saturated carbocycles. The number of hydrogen-bond donors (Lipinski definition) is 0. The third kappa shape index (κ3) is 5.07. The van der Waals surface area contributed by atoms with Crippen LogP contribution in [0.3, 0.4) is 0 Å². The Labute approximate surface area is 151 Å². The summed E-state index contributed by atoms with van der Waals surface area (Å²) in [5.41, 5.74) is 3.59. The molecule has 3 aromatic carbocycles. The van der Waals surface area contributed by atoms with Crippen molar-refractivity contribution in [2.45, 2.75) is 13.1 Å². The highest BCUT2D eigenvalue weighted by Crippen LogP contribution is 2.12. The van der Waals surface area contributed by atoms with Gasteiger partial charge in [0, 0.05) is 4.47 Å². The van der Waals surface area contributed by atoms with Crippen molar-refractivity contribution in [1.29, 1.82) is 0 Å². The van der Waals surface area contributed by atoms with Crippen LogP contribution in [0, 0.1) is 0 Å². The van der Waals surface area contributed by atoms with Crippen molar-refractivity contribution in [3.63, 3.8) is 0 Å². The van der Waals surface area contributed by atoms with E-state index in [0.29, 0.717) is 0 Å². The first-order valence-electron chi connectivity index (χ1n) is 7.92. The van der Waals surface area contributed by atoms with Crippen molar-refractivity contribution in [2.75, 3.05) is 0 Å². The van der Waals surface area contributed by atoms with Crippen molar-refractivity contribution in [3.8, 4) is 0 Å². The van der Waals surface area contributed by atoms with Gasteiger partial charge in [-0.2, -0.15) is 5.10 Å². The molecule has 3 heteroatoms. The summed E-state index contributed by atoms with van der Waals surface area (Å²) < 4.78 is 1.07. The summed E-state index contributed by atoms with van der Waals surface area (Å²) in [4.78, 5) is 0. The second-order valence-electron chi connectivity index (χ2n) is 5.59. The molecule has 0 spiro atoms. The van der Waals surface area contributed by atoms with Crippen LogP contribution in [0.1, 0.15) is 16.7 Å². The Morgan fingerprint density at radius 3 is 1.71 bits per heavy atom. The quantitative estimate of drug-likeness (QED) is 0.409. The van der Waals surface area contributed by atoms with E-state index in [4.69, 9.17) is 5.10 Å². The van der Waals surface area contributed by atoms with E-state index < -0.39 is 0 Å². The lowest BCUT2D eigenvalue weighted by Gasteiger charge is -2.19. The highest BCUT2D eigenvalue weighted by atomic mass is 79.9. The molecule has 0 aliphatic heterocycles. The first kappa shape index (κ1) is 16.5. The van der Waals surface area contributed by atoms with Crippen molar-refractivity contribution in [2.24, 2.45) is 5.10 Å². The SMILES string of the molecule is Brc1ccc(C=NN(Cc2ccccc2)Cc2ccccc2)cc1. The molecule has 2 nitrogen and oxygen atoms in total. The summed E-state index contributed by atoms with van der Waals surface area (Å²) in [6.07, 6.45) is 1.92. The van der Waals surface area contributed by atoms with Crippen LogP contribution < -0.4 is 0 Å². The third-order valence-corrected chi connectivity index (χ3v) is 4.18. The van der Waals surface area contributed by atoms with Crippen LogP contribution in [0.2, 0.25) is 0 Å². The largest absolute Gasteiger partial charge is 0.288 e. The van der Waals surface area contributed by atoms with Gasteiger partial charge < -0.3 is 0 Å². The molecule has 3 aromatic rings. The number of hydrogen-bond acceptors (Lipinski definition) is 2. The van der Waals surface area contributed by atoms with Crippen LogP contribution in [0.5, 0.6) is 0 Å². The minimum atomic E-state index is 0.781. The number of nitrogens with zero attached hydrogens (tertiary/aromatic N) is 2. The average Bonchev–Trinajstić information content (AvgIpc) is 2.63. The van der Waals surface area contributed by atoms with Gasteiger partial charge in [0.15, 0.2) is 0 Å². The van der Waals surface area contributed by atoms with Crippen LogP contribution in [0.25, 0.3) is 0 Å². The van der Waals surface area contributed by atoms with Crippen LogP contribution in [-0.4, -0.2) is 11.2 Å². The molecule has 0 heterocycles. The molecular weight excluding hydrogens is 360 g/mol. The lowest BCUT2D eigenvalue weighted by molar-refractivity contribution is 0.272. The van der Waals surface area contributed by atoms with Gasteiger partial charge in [0.25, 0.3) is 0 Å². The van der Waals surface area contributed by atoms with E-state index in [2.05, 4.69) is 81.6 Å². The molecule has 0 saturated heterocycles. The second kappa shape index (κ2) is 8.46. The van der Waals surface area contributed by atoms with Gasteiger partial charge in [-0.1, -0.05) is 88.7 Å². The summed E-state index contributed by atoms with van der Waals surface area (Å²) in [5, 5.41) is 6.80. The lowest BCUT2D eigenvalue weighted by atomic mass is 10.2. The first-order valence-corrected chi connectivity index (χ1v) is 8.71. The van der Waals surface area contributed by atoms with E-state index in [1.165, 1.54) is 11.1 Å². The maximum Gasteiger partial charge on any atom is 0.0614 e. The summed E-state index contributed by atoms with van der Waals surface area (Å²) in [6, 6.07) is 29.0. The van der Waals surface area contributed by atoms with Gasteiger partial charge in [-0.25, -0.2) is 0 Å². The van der Waals surface area contributed by atoms with E-state index in [9.17, 15) is 0 Å². The molecule has 0 aliphatic rings. The first-order chi connectivity index (χ1) is 11.8. The zero-order chi connectivity index (χ0) is 16.6. The van der Waals surface area contributed by atoms with Gasteiger partial charge in [0.2, 0.25) is 0 Å². The molecular formula is C21H19BrN2. The predicted molar refractivity (Wildman–Crippen MR) is 104 cm³/mol. The highest BCUT2D eigenvalue weighted by molar-refractivity contribution is 9.10. The van der Waals surface area contributed by atoms with E-state index in [1.54, 1.807) is 0 Å². The molecule has 120 valence electrons. The molecule has 0 bridgehead atoms. The summed E-state index contributed by atoms with van der Waals surface area (Å²) >= 11 is 3.46. The highest BCUT2D eigenvalue weighted by Gasteiger charge is 2.04. The van der Waals surface area contributed by atoms with Crippen LogP contribution >= 0.6 is 15.9 Å². The standard InChI is InChI=1S/C21H19BrN2/c22-21-13-11-18(12-14-21)15-23-24(16-19-7-3-1-4-8-19)17-20-9-5-2-6-10-20/h1-15H,16-17H2. The number of rotatable bonds is 6. The Morgan fingerprint density at radius 1 is 0.708 bits per heavy atom. The average molecular weight is 379 g/mol. The van der Waals surface area contributed by atoms with Crippen molar-refractivity contribution in [3.05, 3.63) is 106 Å². The normalized spacial score (nSPS) is 10.9. The Balaban J connectivity index is 1.77. The molecule has 0 aliphatic carbocycles.